The number of nitrogens with zero attached hydrogens (tertiary/aromatic N) is 2. The molecule has 1 fully saturated rings. The molecule has 2 heterocycles. The molecule has 0 N–H and O–H groups in total. The van der Waals surface area contributed by atoms with Crippen LogP contribution in [0.3, 0.4) is 0 Å². The highest BCUT2D eigenvalue weighted by atomic mass is 19.1. The summed E-state index contributed by atoms with van der Waals surface area (Å²) in [5.74, 6) is -1.87. The van der Waals surface area contributed by atoms with Gasteiger partial charge in [0.2, 0.25) is 0 Å². The number of rotatable bonds is 2. The van der Waals surface area contributed by atoms with Gasteiger partial charge in [0.1, 0.15) is 0 Å². The molecule has 0 bridgehead atoms. The van der Waals surface area contributed by atoms with Crippen molar-refractivity contribution in [3.8, 4) is 0 Å². The molecule has 1 aliphatic rings. The van der Waals surface area contributed by atoms with Gasteiger partial charge < -0.3 is 14.4 Å². The van der Waals surface area contributed by atoms with E-state index in [0.29, 0.717) is 6.61 Å². The Bertz CT molecular complexity index is 494. The van der Waals surface area contributed by atoms with Crippen molar-refractivity contribution < 1.29 is 23.5 Å². The first-order valence-electron chi connectivity index (χ1n) is 5.71. The maximum atomic E-state index is 13.5. The van der Waals surface area contributed by atoms with E-state index in [4.69, 9.17) is 4.74 Å². The fraction of sp³-hybridized carbons (Fsp3) is 0.417. The number of methoxy groups -OCH3 is 1. The summed E-state index contributed by atoms with van der Waals surface area (Å²) in [4.78, 5) is 28.7. The van der Waals surface area contributed by atoms with Crippen LogP contribution in [0.2, 0.25) is 0 Å². The first kappa shape index (κ1) is 13.4. The molecular weight excluding hydrogens is 255 g/mol. The van der Waals surface area contributed by atoms with Crippen LogP contribution < -0.4 is 0 Å². The number of aromatic nitrogens is 1. The van der Waals surface area contributed by atoms with E-state index in [1.54, 1.807) is 0 Å². The molecule has 0 aromatic carbocycles. The van der Waals surface area contributed by atoms with Crippen molar-refractivity contribution in [1.29, 1.82) is 0 Å². The molecule has 102 valence electrons. The van der Waals surface area contributed by atoms with E-state index in [2.05, 4.69) is 9.72 Å². The number of carbonyl (C=O) groups is 2. The molecule has 6 nitrogen and oxygen atoms in total. The fourth-order valence-corrected chi connectivity index (χ4v) is 1.88. The van der Waals surface area contributed by atoms with E-state index in [-0.39, 0.29) is 18.7 Å². The van der Waals surface area contributed by atoms with Crippen LogP contribution in [0.15, 0.2) is 18.5 Å². The average Bonchev–Trinajstić information content (AvgIpc) is 2.46. The fourth-order valence-electron chi connectivity index (χ4n) is 1.88. The third kappa shape index (κ3) is 2.70. The molecule has 1 aromatic rings. The first-order chi connectivity index (χ1) is 9.15. The average molecular weight is 268 g/mol. The Morgan fingerprint density at radius 1 is 1.58 bits per heavy atom. The summed E-state index contributed by atoms with van der Waals surface area (Å²) in [6.45, 7) is 0.553. The number of ether oxygens (including phenoxy) is 2. The van der Waals surface area contributed by atoms with Crippen molar-refractivity contribution >= 4 is 11.9 Å². The van der Waals surface area contributed by atoms with E-state index < -0.39 is 23.7 Å². The van der Waals surface area contributed by atoms with Gasteiger partial charge in [0.25, 0.3) is 5.91 Å². The Hall–Kier alpha value is -2.02. The van der Waals surface area contributed by atoms with E-state index in [1.165, 1.54) is 24.3 Å². The van der Waals surface area contributed by atoms with Crippen molar-refractivity contribution in [2.45, 2.75) is 6.04 Å². The number of halogens is 1. The van der Waals surface area contributed by atoms with Gasteiger partial charge in [-0.05, 0) is 6.07 Å². The Morgan fingerprint density at radius 2 is 2.37 bits per heavy atom. The highest BCUT2D eigenvalue weighted by Gasteiger charge is 2.34. The monoisotopic (exact) mass is 268 g/mol. The molecule has 0 saturated carbocycles. The van der Waals surface area contributed by atoms with Gasteiger partial charge in [0, 0.05) is 12.7 Å². The normalized spacial score (nSPS) is 19.1. The predicted octanol–water partition coefficient (Wildman–Crippen LogP) is 0.235. The summed E-state index contributed by atoms with van der Waals surface area (Å²) in [5, 5.41) is 0. The molecule has 1 unspecified atom stereocenters. The largest absolute Gasteiger partial charge is 0.467 e. The van der Waals surface area contributed by atoms with Gasteiger partial charge in [-0.15, -0.1) is 0 Å². The van der Waals surface area contributed by atoms with Crippen LogP contribution in [0.25, 0.3) is 0 Å². The number of morpholine rings is 1. The smallest absolute Gasteiger partial charge is 0.331 e. The lowest BCUT2D eigenvalue weighted by Gasteiger charge is -2.33. The lowest BCUT2D eigenvalue weighted by Crippen LogP contribution is -2.53. The Kier molecular flexibility index (Phi) is 4.06. The van der Waals surface area contributed by atoms with Gasteiger partial charge in [-0.1, -0.05) is 0 Å². The van der Waals surface area contributed by atoms with Crippen LogP contribution in [0.1, 0.15) is 10.4 Å². The minimum Gasteiger partial charge on any atom is -0.467 e. The summed E-state index contributed by atoms with van der Waals surface area (Å²) in [6.07, 6.45) is 2.28. The van der Waals surface area contributed by atoms with Crippen LogP contribution >= 0.6 is 0 Å². The van der Waals surface area contributed by atoms with Gasteiger partial charge in [-0.3, -0.25) is 9.78 Å². The number of carbonyl (C=O) groups excluding carboxylic acids is 2. The molecule has 1 aromatic heterocycles. The zero-order chi connectivity index (χ0) is 13.8. The third-order valence-corrected chi connectivity index (χ3v) is 2.87. The van der Waals surface area contributed by atoms with Crippen LogP contribution in [0.5, 0.6) is 0 Å². The van der Waals surface area contributed by atoms with Crippen LogP contribution in [-0.4, -0.2) is 54.7 Å². The second kappa shape index (κ2) is 5.75. The standard InChI is InChI=1S/C12H13FN2O4/c1-18-12(17)10-7-19-5-4-15(10)11(16)8-2-3-14-6-9(8)13/h2-3,6,10H,4-5,7H2,1H3. The lowest BCUT2D eigenvalue weighted by molar-refractivity contribution is -0.151. The molecule has 19 heavy (non-hydrogen) atoms. The Balaban J connectivity index is 2.25. The van der Waals surface area contributed by atoms with Crippen molar-refractivity contribution in [3.63, 3.8) is 0 Å². The van der Waals surface area contributed by atoms with E-state index in [9.17, 15) is 14.0 Å². The molecule has 1 amide bonds. The zero-order valence-electron chi connectivity index (χ0n) is 10.3. The first-order valence-corrected chi connectivity index (χ1v) is 5.71. The molecule has 0 aliphatic carbocycles. The second-order valence-corrected chi connectivity index (χ2v) is 3.97. The summed E-state index contributed by atoms with van der Waals surface area (Å²) in [5.41, 5.74) is -0.120. The van der Waals surface area contributed by atoms with E-state index >= 15 is 0 Å². The quantitative estimate of drug-likeness (QED) is 0.718. The number of hydrogen-bond acceptors (Lipinski definition) is 5. The van der Waals surface area contributed by atoms with Crippen LogP contribution in [0.4, 0.5) is 4.39 Å². The van der Waals surface area contributed by atoms with Gasteiger partial charge in [-0.2, -0.15) is 0 Å². The zero-order valence-corrected chi connectivity index (χ0v) is 10.3. The summed E-state index contributed by atoms with van der Waals surface area (Å²) >= 11 is 0. The van der Waals surface area contributed by atoms with Crippen LogP contribution in [-0.2, 0) is 14.3 Å². The maximum Gasteiger partial charge on any atom is 0.331 e. The van der Waals surface area contributed by atoms with E-state index in [1.807, 2.05) is 0 Å². The minimum absolute atomic E-state index is 0.0467. The van der Waals surface area contributed by atoms with Gasteiger partial charge >= 0.3 is 5.97 Å². The molecule has 2 rings (SSSR count). The van der Waals surface area contributed by atoms with Crippen molar-refractivity contribution in [1.82, 2.24) is 9.88 Å². The highest BCUT2D eigenvalue weighted by molar-refractivity contribution is 5.97. The van der Waals surface area contributed by atoms with E-state index in [0.717, 1.165) is 6.20 Å². The Morgan fingerprint density at radius 3 is 3.05 bits per heavy atom. The summed E-state index contributed by atoms with van der Waals surface area (Å²) in [6, 6.07) is 0.431. The Labute approximate surface area is 109 Å². The topological polar surface area (TPSA) is 68.7 Å². The number of hydrogen-bond donors (Lipinski definition) is 0. The predicted molar refractivity (Wildman–Crippen MR) is 61.9 cm³/mol. The third-order valence-electron chi connectivity index (χ3n) is 2.87. The minimum atomic E-state index is -0.848. The molecular formula is C12H13FN2O4. The van der Waals surface area contributed by atoms with Gasteiger partial charge in [-0.25, -0.2) is 9.18 Å². The molecule has 1 saturated heterocycles. The number of pyridine rings is 1. The number of amides is 1. The molecule has 0 spiro atoms. The van der Waals surface area contributed by atoms with Crippen molar-refractivity contribution in [3.05, 3.63) is 29.8 Å². The van der Waals surface area contributed by atoms with Gasteiger partial charge in [0.15, 0.2) is 11.9 Å². The van der Waals surface area contributed by atoms with Crippen molar-refractivity contribution in [2.24, 2.45) is 0 Å². The lowest BCUT2D eigenvalue weighted by atomic mass is 10.1. The van der Waals surface area contributed by atoms with Gasteiger partial charge in [0.05, 0.1) is 32.1 Å². The molecule has 7 heteroatoms. The number of esters is 1. The SMILES string of the molecule is COC(=O)C1COCCN1C(=O)c1ccncc1F. The van der Waals surface area contributed by atoms with Crippen LogP contribution in [0, 0.1) is 5.82 Å². The van der Waals surface area contributed by atoms with Crippen molar-refractivity contribution in [2.75, 3.05) is 26.9 Å². The molecule has 1 aliphatic heterocycles. The maximum absolute atomic E-state index is 13.5. The molecule has 0 radical (unpaired) electrons. The highest BCUT2D eigenvalue weighted by Crippen LogP contribution is 2.15. The summed E-state index contributed by atoms with van der Waals surface area (Å²) < 4.78 is 23.3. The second-order valence-electron chi connectivity index (χ2n) is 3.97. The molecule has 1 atom stereocenters. The summed E-state index contributed by atoms with van der Waals surface area (Å²) in [7, 11) is 1.23.